The van der Waals surface area contributed by atoms with Crippen LogP contribution in [0.2, 0.25) is 0 Å². The van der Waals surface area contributed by atoms with E-state index in [1.807, 2.05) is 60.7 Å². The molecule has 1 saturated heterocycles. The highest BCUT2D eigenvalue weighted by atomic mass is 16.2. The number of aromatic nitrogens is 3. The maximum Gasteiger partial charge on any atom is 0.243 e. The van der Waals surface area contributed by atoms with Gasteiger partial charge in [-0.15, -0.1) is 0 Å². The second-order valence-electron chi connectivity index (χ2n) is 10.2. The summed E-state index contributed by atoms with van der Waals surface area (Å²) in [5, 5.41) is 7.85. The lowest BCUT2D eigenvalue weighted by atomic mass is 9.99. The lowest BCUT2D eigenvalue weighted by molar-refractivity contribution is -0.143. The second-order valence-corrected chi connectivity index (χ2v) is 10.2. The van der Waals surface area contributed by atoms with Crippen LogP contribution >= 0.6 is 0 Å². The zero-order valence-corrected chi connectivity index (χ0v) is 21.7. The van der Waals surface area contributed by atoms with Gasteiger partial charge in [-0.25, -0.2) is 9.67 Å². The number of nitrogens with zero attached hydrogens (tertiary/aromatic N) is 5. The summed E-state index contributed by atoms with van der Waals surface area (Å²) < 4.78 is 1.83. The highest BCUT2D eigenvalue weighted by Gasteiger charge is 2.34. The minimum atomic E-state index is -0.488. The fourth-order valence-corrected chi connectivity index (χ4v) is 5.20. The predicted molar refractivity (Wildman–Crippen MR) is 136 cm³/mol. The molecule has 1 N–H and O–H groups in total. The molecular formula is C27H38N6O3. The molecule has 2 aliphatic rings. The Morgan fingerprint density at radius 3 is 2.58 bits per heavy atom. The van der Waals surface area contributed by atoms with Crippen molar-refractivity contribution in [3.63, 3.8) is 0 Å². The van der Waals surface area contributed by atoms with Gasteiger partial charge in [0.15, 0.2) is 0 Å². The van der Waals surface area contributed by atoms with Crippen molar-refractivity contribution < 1.29 is 14.4 Å². The number of carbonyl (C=O) groups excluding carboxylic acids is 3. The summed E-state index contributed by atoms with van der Waals surface area (Å²) in [6.07, 6.45) is 3.92. The molecule has 0 spiro atoms. The minimum Gasteiger partial charge on any atom is -0.344 e. The Morgan fingerprint density at radius 1 is 1.06 bits per heavy atom. The molecule has 0 unspecified atom stereocenters. The molecule has 194 valence electrons. The molecule has 36 heavy (non-hydrogen) atoms. The van der Waals surface area contributed by atoms with Crippen molar-refractivity contribution in [3.05, 3.63) is 47.5 Å². The van der Waals surface area contributed by atoms with Gasteiger partial charge in [-0.3, -0.25) is 14.4 Å². The van der Waals surface area contributed by atoms with E-state index in [9.17, 15) is 14.4 Å². The standard InChI is InChI=1S/C27H38N6O3/c1-19(2)27(36)31-14-9-13-24(34)32-15-8-7-12-23(32)26(35)29-22(18-21-10-5-4-6-11-21)25-28-20(3)30-33(25)17-16-31/h4-6,10-11,19,22-23H,7-9,12-18H2,1-3H3,(H,29,35)/t22-,23+/m1/s1. The van der Waals surface area contributed by atoms with Crippen molar-refractivity contribution >= 4 is 17.7 Å². The molecule has 2 aliphatic heterocycles. The van der Waals surface area contributed by atoms with Crippen LogP contribution in [0.15, 0.2) is 30.3 Å². The summed E-state index contributed by atoms with van der Waals surface area (Å²) in [6.45, 7) is 7.67. The highest BCUT2D eigenvalue weighted by molar-refractivity contribution is 5.88. The van der Waals surface area contributed by atoms with Gasteiger partial charge in [0.1, 0.15) is 17.7 Å². The van der Waals surface area contributed by atoms with Crippen LogP contribution < -0.4 is 5.32 Å². The number of nitrogens with one attached hydrogen (secondary N) is 1. The first-order valence-corrected chi connectivity index (χ1v) is 13.2. The summed E-state index contributed by atoms with van der Waals surface area (Å²) in [7, 11) is 0. The monoisotopic (exact) mass is 494 g/mol. The number of benzene rings is 1. The predicted octanol–water partition coefficient (Wildman–Crippen LogP) is 2.65. The Bertz CT molecular complexity index is 1070. The Kier molecular flexibility index (Phi) is 8.38. The number of rotatable bonds is 3. The van der Waals surface area contributed by atoms with Gasteiger partial charge in [-0.1, -0.05) is 44.2 Å². The van der Waals surface area contributed by atoms with E-state index >= 15 is 0 Å². The van der Waals surface area contributed by atoms with Crippen LogP contribution in [-0.2, 0) is 27.3 Å². The van der Waals surface area contributed by atoms with Crippen molar-refractivity contribution in [2.24, 2.45) is 5.92 Å². The van der Waals surface area contributed by atoms with E-state index in [1.54, 1.807) is 4.90 Å². The maximum atomic E-state index is 13.6. The van der Waals surface area contributed by atoms with Crippen molar-refractivity contribution in [1.82, 2.24) is 29.9 Å². The zero-order chi connectivity index (χ0) is 25.7. The van der Waals surface area contributed by atoms with Gasteiger partial charge in [0.05, 0.1) is 12.6 Å². The Morgan fingerprint density at radius 2 is 1.83 bits per heavy atom. The molecule has 3 amide bonds. The van der Waals surface area contributed by atoms with E-state index in [1.165, 1.54) is 0 Å². The third-order valence-corrected chi connectivity index (χ3v) is 7.05. The number of carbonyl (C=O) groups is 3. The number of fused-ring (bicyclic) bond motifs is 2. The van der Waals surface area contributed by atoms with Crippen LogP contribution in [0.3, 0.4) is 0 Å². The van der Waals surface area contributed by atoms with E-state index in [-0.39, 0.29) is 23.6 Å². The van der Waals surface area contributed by atoms with E-state index in [4.69, 9.17) is 4.98 Å². The van der Waals surface area contributed by atoms with Gasteiger partial charge in [0.25, 0.3) is 0 Å². The molecule has 0 radical (unpaired) electrons. The maximum absolute atomic E-state index is 13.6. The van der Waals surface area contributed by atoms with Crippen LogP contribution in [-0.4, -0.2) is 68.0 Å². The lowest BCUT2D eigenvalue weighted by Crippen LogP contribution is -2.53. The number of hydrogen-bond acceptors (Lipinski definition) is 5. The zero-order valence-electron chi connectivity index (χ0n) is 21.7. The minimum absolute atomic E-state index is 0.0116. The molecule has 0 saturated carbocycles. The fraction of sp³-hybridized carbons (Fsp3) is 0.593. The molecule has 3 heterocycles. The molecule has 1 aromatic heterocycles. The van der Waals surface area contributed by atoms with Gasteiger partial charge >= 0.3 is 0 Å². The van der Waals surface area contributed by atoms with E-state index in [0.717, 1.165) is 18.4 Å². The van der Waals surface area contributed by atoms with Crippen LogP contribution in [0.1, 0.15) is 69.2 Å². The Balaban J connectivity index is 1.70. The van der Waals surface area contributed by atoms with Gasteiger partial charge < -0.3 is 15.1 Å². The molecule has 1 fully saturated rings. The molecule has 9 heteroatoms. The third-order valence-electron chi connectivity index (χ3n) is 7.05. The summed E-state index contributed by atoms with van der Waals surface area (Å²) >= 11 is 0. The first-order chi connectivity index (χ1) is 17.3. The Hall–Kier alpha value is -3.23. The summed E-state index contributed by atoms with van der Waals surface area (Å²) in [6, 6.07) is 9.10. The highest BCUT2D eigenvalue weighted by Crippen LogP contribution is 2.23. The largest absolute Gasteiger partial charge is 0.344 e. The summed E-state index contributed by atoms with van der Waals surface area (Å²) in [5.41, 5.74) is 1.07. The molecule has 0 bridgehead atoms. The number of aryl methyl sites for hydroxylation is 1. The number of piperidine rings is 1. The van der Waals surface area contributed by atoms with Gasteiger partial charge in [-0.05, 0) is 44.6 Å². The van der Waals surface area contributed by atoms with E-state index in [2.05, 4.69) is 10.4 Å². The molecule has 1 aromatic carbocycles. The quantitative estimate of drug-likeness (QED) is 0.707. The number of amides is 3. The first kappa shape index (κ1) is 25.9. The van der Waals surface area contributed by atoms with Crippen molar-refractivity contribution in [2.45, 2.75) is 77.9 Å². The molecule has 0 aliphatic carbocycles. The summed E-state index contributed by atoms with van der Waals surface area (Å²) in [5.74, 6) is 1.09. The Labute approximate surface area is 213 Å². The van der Waals surface area contributed by atoms with Crippen LogP contribution in [0.25, 0.3) is 0 Å². The SMILES string of the molecule is Cc1nc2n(n1)CCN(C(=O)C(C)C)CCCC(=O)N1CCCC[C@H]1C(=O)N[C@@H]2Cc1ccccc1. The normalized spacial score (nSPS) is 22.0. The molecule has 2 atom stereocenters. The first-order valence-electron chi connectivity index (χ1n) is 13.2. The third kappa shape index (κ3) is 6.12. The molecule has 4 rings (SSSR count). The van der Waals surface area contributed by atoms with Gasteiger partial charge in [0.2, 0.25) is 17.7 Å². The van der Waals surface area contributed by atoms with Crippen molar-refractivity contribution in [2.75, 3.05) is 19.6 Å². The smallest absolute Gasteiger partial charge is 0.243 e. The molecule has 2 aromatic rings. The fourth-order valence-electron chi connectivity index (χ4n) is 5.20. The number of hydrogen-bond donors (Lipinski definition) is 1. The van der Waals surface area contributed by atoms with Crippen molar-refractivity contribution in [3.8, 4) is 0 Å². The van der Waals surface area contributed by atoms with Gasteiger partial charge in [0, 0.05) is 32.0 Å². The van der Waals surface area contributed by atoms with Crippen molar-refractivity contribution in [1.29, 1.82) is 0 Å². The van der Waals surface area contributed by atoms with Gasteiger partial charge in [-0.2, -0.15) is 5.10 Å². The summed E-state index contributed by atoms with van der Waals surface area (Å²) in [4.78, 5) is 48.0. The molecule has 9 nitrogen and oxygen atoms in total. The van der Waals surface area contributed by atoms with Crippen LogP contribution in [0, 0.1) is 12.8 Å². The van der Waals surface area contributed by atoms with Crippen LogP contribution in [0.5, 0.6) is 0 Å². The van der Waals surface area contributed by atoms with E-state index < -0.39 is 12.1 Å². The average molecular weight is 495 g/mol. The van der Waals surface area contributed by atoms with Crippen LogP contribution in [0.4, 0.5) is 0 Å². The lowest BCUT2D eigenvalue weighted by Gasteiger charge is -2.36. The molecular weight excluding hydrogens is 456 g/mol. The average Bonchev–Trinajstić information content (AvgIpc) is 3.25. The second kappa shape index (κ2) is 11.7. The topological polar surface area (TPSA) is 100 Å². The van der Waals surface area contributed by atoms with E-state index in [0.29, 0.717) is 63.5 Å².